The van der Waals surface area contributed by atoms with E-state index in [2.05, 4.69) is 35.3 Å². The number of aromatic nitrogens is 6. The number of ether oxygens (including phenoxy) is 1. The van der Waals surface area contributed by atoms with Crippen LogP contribution in [-0.2, 0) is 6.54 Å². The third-order valence-corrected chi connectivity index (χ3v) is 3.65. The van der Waals surface area contributed by atoms with Gasteiger partial charge in [0, 0.05) is 11.6 Å². The minimum Gasteiger partial charge on any atom is -0.417 e. The number of hydrogen-bond donors (Lipinski definition) is 2. The molecule has 0 atom stereocenters. The van der Waals surface area contributed by atoms with E-state index in [4.69, 9.17) is 0 Å². The number of H-pyrrole nitrogens is 1. The van der Waals surface area contributed by atoms with Gasteiger partial charge in [-0.1, -0.05) is 18.2 Å². The highest BCUT2D eigenvalue weighted by atomic mass is 19.3. The summed E-state index contributed by atoms with van der Waals surface area (Å²) in [6.45, 7) is -2.77. The molecule has 0 saturated heterocycles. The van der Waals surface area contributed by atoms with Crippen molar-refractivity contribution < 1.29 is 17.9 Å². The standard InChI is InChI=1S/C16H12F3N7O/c17-10-4-2-1-3-9(10)8-26-15-11(6-21-26)20-7-13(23-15)22-12-5-14(25-24-12)27-16(18)19/h1-7,16H,8H2,(H2,22,23,24,25). The summed E-state index contributed by atoms with van der Waals surface area (Å²) < 4.78 is 44.0. The normalized spacial score (nSPS) is 11.3. The van der Waals surface area contributed by atoms with Crippen LogP contribution in [0.15, 0.2) is 42.7 Å². The van der Waals surface area contributed by atoms with Crippen LogP contribution in [0.1, 0.15) is 5.56 Å². The molecular formula is C16H12F3N7O. The van der Waals surface area contributed by atoms with Gasteiger partial charge in [0.25, 0.3) is 0 Å². The number of nitrogens with one attached hydrogen (secondary N) is 2. The number of alkyl halides is 2. The topological polar surface area (TPSA) is 93.5 Å². The molecule has 0 aliphatic heterocycles. The second-order valence-corrected chi connectivity index (χ2v) is 5.48. The van der Waals surface area contributed by atoms with E-state index in [0.29, 0.717) is 22.5 Å². The van der Waals surface area contributed by atoms with Gasteiger partial charge in [-0.3, -0.25) is 0 Å². The van der Waals surface area contributed by atoms with Crippen LogP contribution in [0.5, 0.6) is 5.88 Å². The van der Waals surface area contributed by atoms with Crippen molar-refractivity contribution in [2.75, 3.05) is 5.32 Å². The Morgan fingerprint density at radius 3 is 2.85 bits per heavy atom. The van der Waals surface area contributed by atoms with E-state index in [-0.39, 0.29) is 24.1 Å². The Bertz CT molecular complexity index is 1080. The first-order valence-electron chi connectivity index (χ1n) is 7.78. The van der Waals surface area contributed by atoms with Crippen molar-refractivity contribution in [3.05, 3.63) is 54.1 Å². The van der Waals surface area contributed by atoms with Crippen LogP contribution in [0.2, 0.25) is 0 Å². The fourth-order valence-corrected chi connectivity index (χ4v) is 2.47. The molecule has 4 rings (SSSR count). The minimum atomic E-state index is -2.96. The molecule has 8 nitrogen and oxygen atoms in total. The molecule has 0 saturated carbocycles. The maximum absolute atomic E-state index is 13.9. The number of hydrogen-bond acceptors (Lipinski definition) is 6. The van der Waals surface area contributed by atoms with Crippen LogP contribution < -0.4 is 10.1 Å². The summed E-state index contributed by atoms with van der Waals surface area (Å²) in [6, 6.07) is 7.63. The average Bonchev–Trinajstić information content (AvgIpc) is 3.23. The van der Waals surface area contributed by atoms with Crippen LogP contribution in [0.4, 0.5) is 24.8 Å². The number of fused-ring (bicyclic) bond motifs is 1. The summed E-state index contributed by atoms with van der Waals surface area (Å²) in [5.74, 6) is 0.00459. The van der Waals surface area contributed by atoms with Gasteiger partial charge in [-0.15, -0.1) is 0 Å². The van der Waals surface area contributed by atoms with E-state index in [1.54, 1.807) is 18.2 Å². The third-order valence-electron chi connectivity index (χ3n) is 3.65. The molecular weight excluding hydrogens is 363 g/mol. The van der Waals surface area contributed by atoms with Crippen molar-refractivity contribution in [2.45, 2.75) is 13.2 Å². The van der Waals surface area contributed by atoms with E-state index in [9.17, 15) is 13.2 Å². The van der Waals surface area contributed by atoms with Crippen molar-refractivity contribution in [2.24, 2.45) is 0 Å². The molecule has 3 heterocycles. The zero-order valence-corrected chi connectivity index (χ0v) is 13.6. The maximum atomic E-state index is 13.9. The quantitative estimate of drug-likeness (QED) is 0.538. The van der Waals surface area contributed by atoms with Gasteiger partial charge >= 0.3 is 6.61 Å². The lowest BCUT2D eigenvalue weighted by Gasteiger charge is -2.06. The minimum absolute atomic E-state index is 0.184. The molecule has 1 aromatic carbocycles. The highest BCUT2D eigenvalue weighted by molar-refractivity contribution is 5.72. The van der Waals surface area contributed by atoms with Gasteiger partial charge in [-0.25, -0.2) is 24.1 Å². The van der Waals surface area contributed by atoms with E-state index >= 15 is 0 Å². The van der Waals surface area contributed by atoms with Crippen molar-refractivity contribution in [1.82, 2.24) is 29.9 Å². The fraction of sp³-hybridized carbons (Fsp3) is 0.125. The van der Waals surface area contributed by atoms with Gasteiger partial charge in [0.05, 0.1) is 18.9 Å². The molecule has 2 N–H and O–H groups in total. The van der Waals surface area contributed by atoms with Crippen LogP contribution in [0.3, 0.4) is 0 Å². The van der Waals surface area contributed by atoms with Gasteiger partial charge in [-0.05, 0) is 6.07 Å². The summed E-state index contributed by atoms with van der Waals surface area (Å²) >= 11 is 0. The van der Waals surface area contributed by atoms with E-state index in [1.807, 2.05) is 0 Å². The maximum Gasteiger partial charge on any atom is 0.388 e. The second kappa shape index (κ2) is 6.94. The Kier molecular flexibility index (Phi) is 4.32. The number of aromatic amines is 1. The van der Waals surface area contributed by atoms with Gasteiger partial charge in [0.15, 0.2) is 17.3 Å². The summed E-state index contributed by atoms with van der Waals surface area (Å²) in [7, 11) is 0. The Morgan fingerprint density at radius 1 is 1.19 bits per heavy atom. The molecule has 0 bridgehead atoms. The smallest absolute Gasteiger partial charge is 0.388 e. The molecule has 0 spiro atoms. The van der Waals surface area contributed by atoms with Crippen molar-refractivity contribution >= 4 is 22.8 Å². The lowest BCUT2D eigenvalue weighted by Crippen LogP contribution is -2.05. The molecule has 3 aromatic heterocycles. The van der Waals surface area contributed by atoms with Crippen LogP contribution in [-0.4, -0.2) is 36.6 Å². The van der Waals surface area contributed by atoms with E-state index in [1.165, 1.54) is 29.2 Å². The van der Waals surface area contributed by atoms with Gasteiger partial charge in [0.2, 0.25) is 5.88 Å². The molecule has 4 aromatic rings. The van der Waals surface area contributed by atoms with Gasteiger partial charge < -0.3 is 10.1 Å². The highest BCUT2D eigenvalue weighted by Crippen LogP contribution is 2.20. The highest BCUT2D eigenvalue weighted by Gasteiger charge is 2.12. The summed E-state index contributed by atoms with van der Waals surface area (Å²) in [5.41, 5.74) is 1.42. The monoisotopic (exact) mass is 375 g/mol. The SMILES string of the molecule is Fc1ccccc1Cn1ncc2ncc(Nc3cc(OC(F)F)[nH]n3)nc21. The Balaban J connectivity index is 1.58. The number of anilines is 2. The molecule has 0 unspecified atom stereocenters. The van der Waals surface area contributed by atoms with Crippen LogP contribution in [0.25, 0.3) is 11.2 Å². The van der Waals surface area contributed by atoms with Crippen molar-refractivity contribution in [1.29, 1.82) is 0 Å². The number of benzene rings is 1. The number of rotatable bonds is 6. The Labute approximate surface area is 150 Å². The second-order valence-electron chi connectivity index (χ2n) is 5.48. The zero-order chi connectivity index (χ0) is 18.8. The molecule has 0 aliphatic rings. The third kappa shape index (κ3) is 3.66. The van der Waals surface area contributed by atoms with E-state index < -0.39 is 6.61 Å². The van der Waals surface area contributed by atoms with Crippen LogP contribution >= 0.6 is 0 Å². The van der Waals surface area contributed by atoms with Crippen molar-refractivity contribution in [3.8, 4) is 5.88 Å². The summed E-state index contributed by atoms with van der Waals surface area (Å²) in [6.07, 6.45) is 2.97. The lowest BCUT2D eigenvalue weighted by atomic mass is 10.2. The molecule has 0 amide bonds. The van der Waals surface area contributed by atoms with Gasteiger partial charge in [0.1, 0.15) is 11.3 Å². The number of nitrogens with zero attached hydrogens (tertiary/aromatic N) is 5. The van der Waals surface area contributed by atoms with E-state index in [0.717, 1.165) is 0 Å². The molecule has 11 heteroatoms. The molecule has 27 heavy (non-hydrogen) atoms. The first kappa shape index (κ1) is 16.8. The van der Waals surface area contributed by atoms with Crippen molar-refractivity contribution in [3.63, 3.8) is 0 Å². The van der Waals surface area contributed by atoms with Crippen LogP contribution in [0, 0.1) is 5.82 Å². The zero-order valence-electron chi connectivity index (χ0n) is 13.6. The fourth-order valence-electron chi connectivity index (χ4n) is 2.47. The molecule has 0 fully saturated rings. The predicted molar refractivity (Wildman–Crippen MR) is 89.3 cm³/mol. The largest absolute Gasteiger partial charge is 0.417 e. The first-order chi connectivity index (χ1) is 13.1. The Morgan fingerprint density at radius 2 is 2.04 bits per heavy atom. The number of halogens is 3. The molecule has 138 valence electrons. The summed E-state index contributed by atoms with van der Waals surface area (Å²) in [4.78, 5) is 8.61. The predicted octanol–water partition coefficient (Wildman–Crippen LogP) is 3.08. The molecule has 0 radical (unpaired) electrons. The summed E-state index contributed by atoms with van der Waals surface area (Å²) in [5, 5.41) is 13.1. The Hall–Kier alpha value is -3.63. The lowest BCUT2D eigenvalue weighted by molar-refractivity contribution is -0.0528. The molecule has 0 aliphatic carbocycles. The average molecular weight is 375 g/mol. The first-order valence-corrected chi connectivity index (χ1v) is 7.78. The van der Waals surface area contributed by atoms with Gasteiger partial charge in [-0.2, -0.15) is 19.0 Å².